The minimum atomic E-state index is 0.0364. The average molecular weight is 209 g/mol. The van der Waals surface area contributed by atoms with Crippen molar-refractivity contribution in [3.63, 3.8) is 0 Å². The minimum absolute atomic E-state index is 0.0364. The maximum atomic E-state index is 8.90. The van der Waals surface area contributed by atoms with Crippen LogP contribution in [-0.4, -0.2) is 37.1 Å². The molecule has 1 saturated heterocycles. The summed E-state index contributed by atoms with van der Waals surface area (Å²) >= 11 is 0. The van der Waals surface area contributed by atoms with E-state index in [0.29, 0.717) is 0 Å². The Morgan fingerprint density at radius 3 is 2.67 bits per heavy atom. The molecular formula is C12H23N3. The second-order valence-electron chi connectivity index (χ2n) is 4.55. The van der Waals surface area contributed by atoms with Crippen molar-refractivity contribution in [3.8, 4) is 6.07 Å². The van der Waals surface area contributed by atoms with Crippen LogP contribution in [0.5, 0.6) is 0 Å². The lowest BCUT2D eigenvalue weighted by Gasteiger charge is -2.30. The van der Waals surface area contributed by atoms with E-state index in [-0.39, 0.29) is 6.04 Å². The Balaban J connectivity index is 2.16. The van der Waals surface area contributed by atoms with Crippen LogP contribution in [0.4, 0.5) is 0 Å². The van der Waals surface area contributed by atoms with Crippen LogP contribution in [0.2, 0.25) is 0 Å². The zero-order valence-electron chi connectivity index (χ0n) is 10.00. The summed E-state index contributed by atoms with van der Waals surface area (Å²) in [5, 5.41) is 12.1. The van der Waals surface area contributed by atoms with Crippen LogP contribution in [0.15, 0.2) is 0 Å². The molecule has 0 aliphatic carbocycles. The van der Waals surface area contributed by atoms with E-state index in [4.69, 9.17) is 5.26 Å². The van der Waals surface area contributed by atoms with Crippen molar-refractivity contribution in [3.05, 3.63) is 0 Å². The first-order chi connectivity index (χ1) is 7.26. The second kappa shape index (κ2) is 6.81. The Bertz CT molecular complexity index is 201. The summed E-state index contributed by atoms with van der Waals surface area (Å²) < 4.78 is 0. The molecular weight excluding hydrogens is 186 g/mol. The van der Waals surface area contributed by atoms with Gasteiger partial charge in [0, 0.05) is 6.54 Å². The molecule has 0 aromatic carbocycles. The van der Waals surface area contributed by atoms with Gasteiger partial charge in [0.25, 0.3) is 0 Å². The molecule has 1 unspecified atom stereocenters. The van der Waals surface area contributed by atoms with Crippen molar-refractivity contribution < 1.29 is 0 Å². The van der Waals surface area contributed by atoms with Crippen LogP contribution < -0.4 is 5.32 Å². The highest BCUT2D eigenvalue weighted by molar-refractivity contribution is 4.90. The number of nitrogens with zero attached hydrogens (tertiary/aromatic N) is 2. The Kier molecular flexibility index (Phi) is 5.67. The molecule has 1 fully saturated rings. The number of rotatable bonds is 5. The molecule has 0 spiro atoms. The van der Waals surface area contributed by atoms with E-state index in [1.165, 1.54) is 25.9 Å². The first-order valence-corrected chi connectivity index (χ1v) is 6.11. The third kappa shape index (κ3) is 4.63. The smallest absolute Gasteiger partial charge is 0.0965 e. The van der Waals surface area contributed by atoms with Crippen molar-refractivity contribution in [1.29, 1.82) is 5.26 Å². The molecule has 0 aromatic rings. The zero-order valence-corrected chi connectivity index (χ0v) is 10.00. The lowest BCUT2D eigenvalue weighted by atomic mass is 9.99. The van der Waals surface area contributed by atoms with Crippen LogP contribution in [0, 0.1) is 17.2 Å². The van der Waals surface area contributed by atoms with Gasteiger partial charge in [0.2, 0.25) is 0 Å². The Morgan fingerprint density at radius 2 is 2.13 bits per heavy atom. The van der Waals surface area contributed by atoms with Crippen LogP contribution in [0.3, 0.4) is 0 Å². The fourth-order valence-electron chi connectivity index (χ4n) is 2.06. The van der Waals surface area contributed by atoms with Gasteiger partial charge >= 0.3 is 0 Å². The topological polar surface area (TPSA) is 39.1 Å². The number of likely N-dealkylation sites (tertiary alicyclic amines) is 1. The largest absolute Gasteiger partial charge is 0.303 e. The minimum Gasteiger partial charge on any atom is -0.303 e. The monoisotopic (exact) mass is 209 g/mol. The zero-order chi connectivity index (χ0) is 11.1. The van der Waals surface area contributed by atoms with Crippen LogP contribution >= 0.6 is 0 Å². The summed E-state index contributed by atoms with van der Waals surface area (Å²) in [6, 6.07) is 2.35. The SMILES string of the molecule is CCNC(C#N)CCN1CCC(C)CC1. The number of piperidine rings is 1. The molecule has 0 amide bonds. The average Bonchev–Trinajstić information content (AvgIpc) is 2.26. The summed E-state index contributed by atoms with van der Waals surface area (Å²) in [5.41, 5.74) is 0. The van der Waals surface area contributed by atoms with Gasteiger partial charge in [-0.1, -0.05) is 13.8 Å². The number of nitrogens with one attached hydrogen (secondary N) is 1. The fraction of sp³-hybridized carbons (Fsp3) is 0.917. The molecule has 1 aliphatic rings. The summed E-state index contributed by atoms with van der Waals surface area (Å²) in [4.78, 5) is 2.49. The highest BCUT2D eigenvalue weighted by atomic mass is 15.1. The molecule has 1 atom stereocenters. The van der Waals surface area contributed by atoms with Crippen molar-refractivity contribution in [2.45, 2.75) is 39.2 Å². The fourth-order valence-corrected chi connectivity index (χ4v) is 2.06. The number of nitriles is 1. The van der Waals surface area contributed by atoms with Gasteiger partial charge in [-0.05, 0) is 44.8 Å². The predicted molar refractivity (Wildman–Crippen MR) is 62.5 cm³/mol. The van der Waals surface area contributed by atoms with E-state index < -0.39 is 0 Å². The summed E-state index contributed by atoms with van der Waals surface area (Å²) in [6.45, 7) is 8.76. The molecule has 1 heterocycles. The molecule has 3 heteroatoms. The highest BCUT2D eigenvalue weighted by Gasteiger charge is 2.16. The van der Waals surface area contributed by atoms with Gasteiger partial charge in [-0.2, -0.15) is 5.26 Å². The Labute approximate surface area is 93.5 Å². The molecule has 1 rings (SSSR count). The predicted octanol–water partition coefficient (Wildman–Crippen LogP) is 1.61. The van der Waals surface area contributed by atoms with E-state index in [1.807, 2.05) is 6.92 Å². The van der Waals surface area contributed by atoms with Gasteiger partial charge in [0.05, 0.1) is 12.1 Å². The summed E-state index contributed by atoms with van der Waals surface area (Å²) in [6.07, 6.45) is 3.59. The molecule has 0 radical (unpaired) electrons. The standard InChI is InChI=1S/C12H23N3/c1-3-14-12(10-13)6-9-15-7-4-11(2)5-8-15/h11-12,14H,3-9H2,1-2H3. The molecule has 15 heavy (non-hydrogen) atoms. The molecule has 1 aliphatic heterocycles. The maximum absolute atomic E-state index is 8.90. The molecule has 0 saturated carbocycles. The van der Waals surface area contributed by atoms with Crippen LogP contribution in [0.1, 0.15) is 33.1 Å². The van der Waals surface area contributed by atoms with Crippen molar-refractivity contribution in [2.75, 3.05) is 26.2 Å². The van der Waals surface area contributed by atoms with Gasteiger partial charge < -0.3 is 10.2 Å². The van der Waals surface area contributed by atoms with Crippen molar-refractivity contribution in [1.82, 2.24) is 10.2 Å². The van der Waals surface area contributed by atoms with E-state index in [2.05, 4.69) is 23.2 Å². The van der Waals surface area contributed by atoms with Crippen molar-refractivity contribution >= 4 is 0 Å². The quantitative estimate of drug-likeness (QED) is 0.747. The molecule has 0 aromatic heterocycles. The van der Waals surface area contributed by atoms with Crippen molar-refractivity contribution in [2.24, 2.45) is 5.92 Å². The summed E-state index contributed by atoms with van der Waals surface area (Å²) in [5.74, 6) is 0.891. The molecule has 1 N–H and O–H groups in total. The normalized spacial score (nSPS) is 21.1. The van der Waals surface area contributed by atoms with Gasteiger partial charge in [-0.3, -0.25) is 0 Å². The van der Waals surface area contributed by atoms with Gasteiger partial charge in [-0.15, -0.1) is 0 Å². The third-order valence-corrected chi connectivity index (χ3v) is 3.22. The molecule has 0 bridgehead atoms. The lowest BCUT2D eigenvalue weighted by molar-refractivity contribution is 0.187. The first-order valence-electron chi connectivity index (χ1n) is 6.11. The van der Waals surface area contributed by atoms with Gasteiger partial charge in [0.1, 0.15) is 0 Å². The lowest BCUT2D eigenvalue weighted by Crippen LogP contribution is -2.37. The van der Waals surface area contributed by atoms with Gasteiger partial charge in [0.15, 0.2) is 0 Å². The van der Waals surface area contributed by atoms with E-state index in [0.717, 1.165) is 25.4 Å². The Morgan fingerprint density at radius 1 is 1.47 bits per heavy atom. The molecule has 86 valence electrons. The summed E-state index contributed by atoms with van der Waals surface area (Å²) in [7, 11) is 0. The van der Waals surface area contributed by atoms with E-state index >= 15 is 0 Å². The number of hydrogen-bond donors (Lipinski definition) is 1. The van der Waals surface area contributed by atoms with Crippen LogP contribution in [0.25, 0.3) is 0 Å². The second-order valence-corrected chi connectivity index (χ2v) is 4.55. The first kappa shape index (κ1) is 12.5. The van der Waals surface area contributed by atoms with Crippen LogP contribution in [-0.2, 0) is 0 Å². The van der Waals surface area contributed by atoms with Gasteiger partial charge in [-0.25, -0.2) is 0 Å². The third-order valence-electron chi connectivity index (χ3n) is 3.22. The molecule has 3 nitrogen and oxygen atoms in total. The highest BCUT2D eigenvalue weighted by Crippen LogP contribution is 2.16. The number of hydrogen-bond acceptors (Lipinski definition) is 3. The maximum Gasteiger partial charge on any atom is 0.0965 e. The Hall–Kier alpha value is -0.590. The van der Waals surface area contributed by atoms with E-state index in [9.17, 15) is 0 Å². The van der Waals surface area contributed by atoms with E-state index in [1.54, 1.807) is 0 Å².